The molecule has 1 aliphatic rings. The van der Waals surface area contributed by atoms with E-state index in [1.165, 1.54) is 0 Å². The van der Waals surface area contributed by atoms with E-state index in [-0.39, 0.29) is 22.8 Å². The van der Waals surface area contributed by atoms with E-state index < -0.39 is 23.4 Å². The Morgan fingerprint density at radius 2 is 2.10 bits per heavy atom. The van der Waals surface area contributed by atoms with Gasteiger partial charge in [-0.05, 0) is 18.6 Å². The second-order valence-electron chi connectivity index (χ2n) is 4.35. The minimum atomic E-state index is -0.853. The van der Waals surface area contributed by atoms with Gasteiger partial charge in [-0.3, -0.25) is 19.3 Å². The number of ketones is 1. The van der Waals surface area contributed by atoms with E-state index >= 15 is 0 Å². The van der Waals surface area contributed by atoms with Gasteiger partial charge in [0, 0.05) is 6.54 Å². The van der Waals surface area contributed by atoms with E-state index in [2.05, 4.69) is 5.32 Å². The number of carbonyl (C=O) groups excluding carboxylic acids is 3. The number of fused-ring (bicyclic) bond motifs is 1. The number of rotatable bonds is 4. The van der Waals surface area contributed by atoms with Gasteiger partial charge in [0.2, 0.25) is 5.91 Å². The molecule has 7 heteroatoms. The molecule has 5 nitrogen and oxygen atoms in total. The van der Waals surface area contributed by atoms with Crippen molar-refractivity contribution >= 4 is 34.9 Å². The number of hydrogen-bond acceptors (Lipinski definition) is 3. The second kappa shape index (κ2) is 5.58. The number of amides is 2. The smallest absolute Gasteiger partial charge is 0.299 e. The lowest BCUT2D eigenvalue weighted by molar-refractivity contribution is -0.122. The molecule has 1 N–H and O–H groups in total. The number of hydrogen-bond donors (Lipinski definition) is 1. The van der Waals surface area contributed by atoms with E-state index in [0.29, 0.717) is 6.54 Å². The minimum Gasteiger partial charge on any atom is -0.355 e. The summed E-state index contributed by atoms with van der Waals surface area (Å²) in [7, 11) is 0. The number of benzene rings is 1. The topological polar surface area (TPSA) is 66.5 Å². The first kappa shape index (κ1) is 14.5. The van der Waals surface area contributed by atoms with E-state index in [1.54, 1.807) is 0 Å². The van der Waals surface area contributed by atoms with Crippen LogP contribution in [0.4, 0.5) is 10.1 Å². The van der Waals surface area contributed by atoms with Crippen molar-refractivity contribution in [3.05, 3.63) is 28.5 Å². The Bertz CT molecular complexity index is 604. The van der Waals surface area contributed by atoms with Crippen LogP contribution in [0.1, 0.15) is 23.7 Å². The molecule has 0 atom stereocenters. The maximum atomic E-state index is 13.5. The van der Waals surface area contributed by atoms with Crippen molar-refractivity contribution in [3.8, 4) is 0 Å². The second-order valence-corrected chi connectivity index (χ2v) is 4.76. The van der Waals surface area contributed by atoms with Crippen LogP contribution in [0.15, 0.2) is 12.1 Å². The third-order valence-corrected chi connectivity index (χ3v) is 3.18. The average Bonchev–Trinajstić information content (AvgIpc) is 2.63. The Kier molecular flexibility index (Phi) is 4.04. The molecule has 0 fully saturated rings. The zero-order chi connectivity index (χ0) is 14.9. The molecule has 0 aliphatic carbocycles. The Balaban J connectivity index is 2.28. The molecule has 0 saturated heterocycles. The lowest BCUT2D eigenvalue weighted by Crippen LogP contribution is -2.40. The van der Waals surface area contributed by atoms with Crippen LogP contribution in [0.5, 0.6) is 0 Å². The Morgan fingerprint density at radius 1 is 1.40 bits per heavy atom. The van der Waals surface area contributed by atoms with Gasteiger partial charge < -0.3 is 5.32 Å². The molecule has 2 amide bonds. The first-order chi connectivity index (χ1) is 9.45. The van der Waals surface area contributed by atoms with Crippen LogP contribution in [0.3, 0.4) is 0 Å². The summed E-state index contributed by atoms with van der Waals surface area (Å²) in [5.41, 5.74) is 0.0956. The predicted octanol–water partition coefficient (Wildman–Crippen LogP) is 1.53. The van der Waals surface area contributed by atoms with Crippen molar-refractivity contribution < 1.29 is 18.8 Å². The Morgan fingerprint density at radius 3 is 2.75 bits per heavy atom. The van der Waals surface area contributed by atoms with Crippen molar-refractivity contribution in [2.24, 2.45) is 0 Å². The van der Waals surface area contributed by atoms with Gasteiger partial charge in [0.1, 0.15) is 12.4 Å². The molecule has 0 bridgehead atoms. The molecule has 20 heavy (non-hydrogen) atoms. The third-order valence-electron chi connectivity index (χ3n) is 2.89. The first-order valence-corrected chi connectivity index (χ1v) is 6.45. The molecule has 0 radical (unpaired) electrons. The van der Waals surface area contributed by atoms with Gasteiger partial charge in [-0.1, -0.05) is 18.5 Å². The molecular weight excluding hydrogens is 287 g/mol. The molecule has 0 spiro atoms. The van der Waals surface area contributed by atoms with Gasteiger partial charge in [-0.25, -0.2) is 4.39 Å². The van der Waals surface area contributed by atoms with Gasteiger partial charge in [0.15, 0.2) is 0 Å². The Hall–Kier alpha value is -1.95. The minimum absolute atomic E-state index is 0.0182. The molecule has 1 aromatic carbocycles. The standard InChI is InChI=1S/C13H12ClFN2O3/c1-2-3-16-11(18)6-17-10-5-9(15)8(14)4-7(10)12(19)13(17)20/h4-5H,2-3,6H2,1H3,(H,16,18). The van der Waals surface area contributed by atoms with Gasteiger partial charge in [-0.15, -0.1) is 0 Å². The van der Waals surface area contributed by atoms with Crippen LogP contribution >= 0.6 is 11.6 Å². The SMILES string of the molecule is CCCNC(=O)CN1C(=O)C(=O)c2cc(Cl)c(F)cc21. The summed E-state index contributed by atoms with van der Waals surface area (Å²) in [5.74, 6) is -2.79. The first-order valence-electron chi connectivity index (χ1n) is 6.07. The fourth-order valence-electron chi connectivity index (χ4n) is 1.91. The quantitative estimate of drug-likeness (QED) is 0.857. The summed E-state index contributed by atoms with van der Waals surface area (Å²) in [5, 5.41) is 2.35. The van der Waals surface area contributed by atoms with Crippen molar-refractivity contribution in [2.75, 3.05) is 18.0 Å². The maximum absolute atomic E-state index is 13.5. The predicted molar refractivity (Wildman–Crippen MR) is 71.4 cm³/mol. The van der Waals surface area contributed by atoms with Crippen molar-refractivity contribution in [1.29, 1.82) is 0 Å². The summed E-state index contributed by atoms with van der Waals surface area (Å²) < 4.78 is 13.5. The number of nitrogens with one attached hydrogen (secondary N) is 1. The summed E-state index contributed by atoms with van der Waals surface area (Å²) in [6, 6.07) is 2.10. The fraction of sp³-hybridized carbons (Fsp3) is 0.308. The molecule has 0 unspecified atom stereocenters. The molecule has 2 rings (SSSR count). The summed E-state index contributed by atoms with van der Waals surface area (Å²) >= 11 is 5.59. The highest BCUT2D eigenvalue weighted by Gasteiger charge is 2.37. The highest BCUT2D eigenvalue weighted by Crippen LogP contribution is 2.32. The summed E-state index contributed by atoms with van der Waals surface area (Å²) in [6.07, 6.45) is 0.749. The van der Waals surface area contributed by atoms with E-state index in [4.69, 9.17) is 11.6 Å². The number of carbonyl (C=O) groups is 3. The molecule has 1 aromatic rings. The normalized spacial score (nSPS) is 13.7. The fourth-order valence-corrected chi connectivity index (χ4v) is 2.07. The van der Waals surface area contributed by atoms with Crippen molar-refractivity contribution in [3.63, 3.8) is 0 Å². The number of nitrogens with zero attached hydrogens (tertiary/aromatic N) is 1. The van der Waals surface area contributed by atoms with E-state index in [0.717, 1.165) is 23.5 Å². The van der Waals surface area contributed by atoms with Crippen LogP contribution in [-0.2, 0) is 9.59 Å². The average molecular weight is 299 g/mol. The van der Waals surface area contributed by atoms with E-state index in [9.17, 15) is 18.8 Å². The van der Waals surface area contributed by atoms with Crippen LogP contribution in [0.2, 0.25) is 5.02 Å². The lowest BCUT2D eigenvalue weighted by atomic mass is 10.1. The summed E-state index contributed by atoms with van der Waals surface area (Å²) in [6.45, 7) is 2.03. The molecular formula is C13H12ClFN2O3. The van der Waals surface area contributed by atoms with Gasteiger partial charge in [0.25, 0.3) is 11.7 Å². The largest absolute Gasteiger partial charge is 0.355 e. The zero-order valence-electron chi connectivity index (χ0n) is 10.7. The number of anilines is 1. The number of halogens is 2. The maximum Gasteiger partial charge on any atom is 0.299 e. The van der Waals surface area contributed by atoms with Crippen LogP contribution in [0, 0.1) is 5.82 Å². The van der Waals surface area contributed by atoms with Crippen LogP contribution in [-0.4, -0.2) is 30.7 Å². The monoisotopic (exact) mass is 298 g/mol. The van der Waals surface area contributed by atoms with Gasteiger partial charge >= 0.3 is 0 Å². The van der Waals surface area contributed by atoms with E-state index in [1.807, 2.05) is 6.92 Å². The molecule has 106 valence electrons. The van der Waals surface area contributed by atoms with Crippen LogP contribution in [0.25, 0.3) is 0 Å². The van der Waals surface area contributed by atoms with Gasteiger partial charge in [-0.2, -0.15) is 0 Å². The highest BCUT2D eigenvalue weighted by atomic mass is 35.5. The molecule has 1 aliphatic heterocycles. The summed E-state index contributed by atoms with van der Waals surface area (Å²) in [4.78, 5) is 36.2. The van der Waals surface area contributed by atoms with Crippen molar-refractivity contribution in [1.82, 2.24) is 5.32 Å². The zero-order valence-corrected chi connectivity index (χ0v) is 11.5. The molecule has 0 saturated carbocycles. The third kappa shape index (κ3) is 2.51. The molecule has 0 aromatic heterocycles. The van der Waals surface area contributed by atoms with Gasteiger partial charge in [0.05, 0.1) is 16.3 Å². The van der Waals surface area contributed by atoms with Crippen LogP contribution < -0.4 is 10.2 Å². The lowest BCUT2D eigenvalue weighted by Gasteiger charge is -2.16. The highest BCUT2D eigenvalue weighted by molar-refractivity contribution is 6.53. The van der Waals surface area contributed by atoms with Crippen molar-refractivity contribution in [2.45, 2.75) is 13.3 Å². The Labute approximate surface area is 119 Å². The molecule has 1 heterocycles. The number of Topliss-reactive ketones (excluding diaryl/α,β-unsaturated/α-hetero) is 1.